The number of nitriles is 1. The van der Waals surface area contributed by atoms with E-state index in [1.807, 2.05) is 0 Å². The highest BCUT2D eigenvalue weighted by Gasteiger charge is 2.26. The maximum atomic E-state index is 11.8. The normalized spacial score (nSPS) is 21.7. The number of hydrogen-bond donors (Lipinski definition) is 2. The molecule has 0 amide bonds. The number of halogens is 1. The molecule has 2 N–H and O–H groups in total. The number of allylic oxidation sites excluding steroid dienone is 4. The Morgan fingerprint density at radius 1 is 1.57 bits per heavy atom. The van der Waals surface area contributed by atoms with Gasteiger partial charge >= 0.3 is 0 Å². The first-order chi connectivity index (χ1) is 10.1. The summed E-state index contributed by atoms with van der Waals surface area (Å²) in [6, 6.07) is 2.29. The number of likely N-dealkylation sites (tertiary alicyclic amines) is 1. The van der Waals surface area contributed by atoms with Gasteiger partial charge in [-0.3, -0.25) is 4.79 Å². The summed E-state index contributed by atoms with van der Waals surface area (Å²) >= 11 is 6.13. The van der Waals surface area contributed by atoms with Crippen LogP contribution >= 0.6 is 11.6 Å². The van der Waals surface area contributed by atoms with E-state index in [0.29, 0.717) is 16.3 Å². The number of carbonyl (C=O) groups excluding carboxylic acids is 1. The van der Waals surface area contributed by atoms with E-state index in [4.69, 9.17) is 22.3 Å². The van der Waals surface area contributed by atoms with Crippen LogP contribution in [-0.4, -0.2) is 30.0 Å². The van der Waals surface area contributed by atoms with E-state index in [1.165, 1.54) is 6.92 Å². The zero-order chi connectivity index (χ0) is 15.4. The smallest absolute Gasteiger partial charge is 0.163 e. The molecule has 21 heavy (non-hydrogen) atoms. The van der Waals surface area contributed by atoms with E-state index in [1.54, 1.807) is 12.2 Å². The van der Waals surface area contributed by atoms with Crippen molar-refractivity contribution in [3.8, 4) is 6.07 Å². The van der Waals surface area contributed by atoms with Crippen molar-refractivity contribution in [1.82, 2.24) is 10.2 Å². The number of nitrogens with zero attached hydrogens (tertiary/aromatic N) is 2. The molecule has 0 radical (unpaired) electrons. The molecule has 2 heterocycles. The Bertz CT molecular complexity index is 589. The lowest BCUT2D eigenvalue weighted by molar-refractivity contribution is -0.113. The topological polar surface area (TPSA) is 80.0 Å². The molecule has 0 saturated carbocycles. The summed E-state index contributed by atoms with van der Waals surface area (Å²) < 4.78 is 0. The van der Waals surface area contributed by atoms with Gasteiger partial charge in [0.15, 0.2) is 5.78 Å². The summed E-state index contributed by atoms with van der Waals surface area (Å²) in [6.45, 7) is 2.95. The van der Waals surface area contributed by atoms with Gasteiger partial charge in [0.2, 0.25) is 0 Å². The molecule has 0 aliphatic carbocycles. The zero-order valence-corrected chi connectivity index (χ0v) is 12.6. The highest BCUT2D eigenvalue weighted by molar-refractivity contribution is 6.33. The Labute approximate surface area is 129 Å². The Morgan fingerprint density at radius 2 is 2.24 bits per heavy atom. The number of hydrogen-bond acceptors (Lipinski definition) is 5. The third-order valence-electron chi connectivity index (χ3n) is 3.66. The summed E-state index contributed by atoms with van der Waals surface area (Å²) in [5.41, 5.74) is 1.15. The van der Waals surface area contributed by atoms with Gasteiger partial charge in [0.25, 0.3) is 0 Å². The molecule has 0 bridgehead atoms. The maximum absolute atomic E-state index is 11.8. The third kappa shape index (κ3) is 3.34. The molecule has 1 fully saturated rings. The molecule has 0 spiro atoms. The summed E-state index contributed by atoms with van der Waals surface area (Å²) in [5.74, 6) is 0.741. The monoisotopic (exact) mass is 304 g/mol. The van der Waals surface area contributed by atoms with Crippen LogP contribution in [0.25, 0.3) is 0 Å². The first kappa shape index (κ1) is 15.3. The molecule has 0 aromatic rings. The van der Waals surface area contributed by atoms with Crippen LogP contribution in [0.4, 0.5) is 0 Å². The quantitative estimate of drug-likeness (QED) is 0.784. The van der Waals surface area contributed by atoms with E-state index in [2.05, 4.69) is 16.3 Å². The number of nitrogens with one attached hydrogen (secondary N) is 2. The summed E-state index contributed by atoms with van der Waals surface area (Å²) in [7, 11) is 0. The van der Waals surface area contributed by atoms with Crippen molar-refractivity contribution < 1.29 is 4.79 Å². The summed E-state index contributed by atoms with van der Waals surface area (Å²) in [5, 5.41) is 19.7. The van der Waals surface area contributed by atoms with E-state index < -0.39 is 0 Å². The molecular formula is C15H17ClN4O. The fraction of sp³-hybridized carbons (Fsp3) is 0.400. The van der Waals surface area contributed by atoms with Gasteiger partial charge < -0.3 is 15.6 Å². The number of rotatable bonds is 3. The lowest BCUT2D eigenvalue weighted by atomic mass is 9.97. The van der Waals surface area contributed by atoms with Crippen LogP contribution in [-0.2, 0) is 4.79 Å². The number of carbonyl (C=O) groups is 1. The van der Waals surface area contributed by atoms with Crippen molar-refractivity contribution >= 4 is 23.6 Å². The summed E-state index contributed by atoms with van der Waals surface area (Å²) in [4.78, 5) is 13.9. The average molecular weight is 305 g/mol. The van der Waals surface area contributed by atoms with Crippen molar-refractivity contribution in [2.24, 2.45) is 5.92 Å². The molecular weight excluding hydrogens is 288 g/mol. The molecule has 110 valence electrons. The molecule has 2 aliphatic heterocycles. The Morgan fingerprint density at radius 3 is 2.76 bits per heavy atom. The number of piperidine rings is 1. The van der Waals surface area contributed by atoms with Crippen LogP contribution in [0.5, 0.6) is 0 Å². The van der Waals surface area contributed by atoms with E-state index in [0.717, 1.165) is 38.0 Å². The van der Waals surface area contributed by atoms with Gasteiger partial charge in [-0.15, -0.1) is 0 Å². The summed E-state index contributed by atoms with van der Waals surface area (Å²) in [6.07, 6.45) is 5.91. The number of ketones is 1. The van der Waals surface area contributed by atoms with Gasteiger partial charge in [0.1, 0.15) is 5.82 Å². The molecule has 0 aromatic carbocycles. The lowest BCUT2D eigenvalue weighted by Gasteiger charge is -2.36. The Balaban J connectivity index is 2.31. The van der Waals surface area contributed by atoms with Crippen molar-refractivity contribution in [2.75, 3.05) is 13.1 Å². The first-order valence-electron chi connectivity index (χ1n) is 6.82. The van der Waals surface area contributed by atoms with Crippen LogP contribution in [0.1, 0.15) is 19.8 Å². The third-order valence-corrected chi connectivity index (χ3v) is 3.97. The van der Waals surface area contributed by atoms with E-state index >= 15 is 0 Å². The first-order valence-corrected chi connectivity index (χ1v) is 7.19. The molecule has 2 aliphatic rings. The van der Waals surface area contributed by atoms with E-state index in [9.17, 15) is 4.79 Å². The standard InChI is InChI=1S/C15H17ClN4O/c1-10(21)12-8-13(16)14(2-5-17)19-15(12)20-6-3-11(9-18)4-7-20/h2,5,8,11,17,19H,3-4,6-7H2,1H3/b14-2-,17-5?. The van der Waals surface area contributed by atoms with E-state index in [-0.39, 0.29) is 11.7 Å². The fourth-order valence-corrected chi connectivity index (χ4v) is 2.70. The molecule has 2 rings (SSSR count). The van der Waals surface area contributed by atoms with Gasteiger partial charge in [-0.2, -0.15) is 5.26 Å². The molecule has 0 aromatic heterocycles. The maximum Gasteiger partial charge on any atom is 0.163 e. The minimum atomic E-state index is -0.0630. The fourth-order valence-electron chi connectivity index (χ4n) is 2.48. The van der Waals surface area contributed by atoms with Crippen molar-refractivity contribution in [2.45, 2.75) is 19.8 Å². The molecule has 1 saturated heterocycles. The van der Waals surface area contributed by atoms with Crippen LogP contribution in [0.3, 0.4) is 0 Å². The second kappa shape index (κ2) is 6.59. The molecule has 0 unspecified atom stereocenters. The van der Waals surface area contributed by atoms with Gasteiger partial charge in [-0.1, -0.05) is 11.6 Å². The Hall–Kier alpha value is -2.06. The number of Topliss-reactive ketones (excluding diaryl/α,β-unsaturated/α-hetero) is 1. The second-order valence-electron chi connectivity index (χ2n) is 5.07. The van der Waals surface area contributed by atoms with Gasteiger partial charge in [0.05, 0.1) is 22.4 Å². The van der Waals surface area contributed by atoms with Crippen molar-refractivity contribution in [1.29, 1.82) is 10.7 Å². The number of dihydropyridines is 1. The second-order valence-corrected chi connectivity index (χ2v) is 5.48. The molecule has 6 heteroatoms. The van der Waals surface area contributed by atoms with Crippen LogP contribution in [0.15, 0.2) is 34.3 Å². The SMILES string of the molecule is CC(=O)C1=C(N2CCC(C#N)CC2)N/C(=C\C=N)C(Cl)=C1. The van der Waals surface area contributed by atoms with Crippen molar-refractivity contribution in [3.63, 3.8) is 0 Å². The van der Waals surface area contributed by atoms with Gasteiger partial charge in [-0.05, 0) is 31.9 Å². The highest BCUT2D eigenvalue weighted by Crippen LogP contribution is 2.28. The van der Waals surface area contributed by atoms with Crippen molar-refractivity contribution in [3.05, 3.63) is 34.3 Å². The largest absolute Gasteiger partial charge is 0.357 e. The predicted molar refractivity (Wildman–Crippen MR) is 81.6 cm³/mol. The van der Waals surface area contributed by atoms with Crippen LogP contribution in [0, 0.1) is 22.7 Å². The lowest BCUT2D eigenvalue weighted by Crippen LogP contribution is -2.40. The predicted octanol–water partition coefficient (Wildman–Crippen LogP) is 2.28. The molecule has 5 nitrogen and oxygen atoms in total. The highest BCUT2D eigenvalue weighted by atomic mass is 35.5. The van der Waals surface area contributed by atoms with Gasteiger partial charge in [-0.25, -0.2) is 0 Å². The average Bonchev–Trinajstić information content (AvgIpc) is 2.49. The Kier molecular flexibility index (Phi) is 4.81. The van der Waals surface area contributed by atoms with Crippen LogP contribution in [0.2, 0.25) is 0 Å². The minimum absolute atomic E-state index is 0.0630. The minimum Gasteiger partial charge on any atom is -0.357 e. The zero-order valence-electron chi connectivity index (χ0n) is 11.8. The van der Waals surface area contributed by atoms with Gasteiger partial charge in [0, 0.05) is 25.2 Å². The van der Waals surface area contributed by atoms with Crippen LogP contribution < -0.4 is 5.32 Å². The molecule has 0 atom stereocenters.